The molecule has 1 fully saturated rings. The lowest BCUT2D eigenvalue weighted by Gasteiger charge is -2.22. The van der Waals surface area contributed by atoms with Gasteiger partial charge in [0.2, 0.25) is 5.82 Å². The van der Waals surface area contributed by atoms with Crippen LogP contribution in [0.1, 0.15) is 62.8 Å². The Labute approximate surface area is 247 Å². The molecule has 5 aromatic rings. The van der Waals surface area contributed by atoms with E-state index in [1.54, 1.807) is 0 Å². The quantitative estimate of drug-likeness (QED) is 0.258. The highest BCUT2D eigenvalue weighted by molar-refractivity contribution is 5.80. The van der Waals surface area contributed by atoms with Gasteiger partial charge in [-0.3, -0.25) is 14.2 Å². The largest absolute Gasteiger partial charge is 0.468 e. The van der Waals surface area contributed by atoms with E-state index in [0.29, 0.717) is 36.5 Å². The number of carbonyl (C=O) groups is 1. The number of H-pyrrole nitrogens is 1. The Morgan fingerprint density at radius 1 is 0.977 bits per heavy atom. The summed E-state index contributed by atoms with van der Waals surface area (Å²) in [6.45, 7) is 2.29. The molecular formula is C31H34N8O4. The molecule has 0 atom stereocenters. The zero-order valence-corrected chi connectivity index (χ0v) is 24.3. The standard InChI is InChI=1S/C31H34N8O4/c1-3-17-37-29-26(30(41)39(31(37)42)19-25(40)43-2)38(28(32-29)22-9-5-4-6-10-22)18-20-13-15-21(16-14-20)23-11-7-8-12-24(23)27-33-35-36-34-27/h7-8,11-16,22H,3-6,9-10,17-19H2,1-2H3,(H,33,34,35,36). The molecule has 0 amide bonds. The van der Waals surface area contributed by atoms with Crippen molar-refractivity contribution in [3.05, 3.63) is 80.8 Å². The zero-order chi connectivity index (χ0) is 29.9. The molecule has 3 heterocycles. The summed E-state index contributed by atoms with van der Waals surface area (Å²) in [4.78, 5) is 44.5. The van der Waals surface area contributed by atoms with E-state index in [1.807, 2.05) is 60.0 Å². The third kappa shape index (κ3) is 5.40. The smallest absolute Gasteiger partial charge is 0.333 e. The number of methoxy groups -OCH3 is 1. The molecule has 1 saturated carbocycles. The van der Waals surface area contributed by atoms with Gasteiger partial charge in [0.1, 0.15) is 12.4 Å². The molecule has 12 nitrogen and oxygen atoms in total. The Morgan fingerprint density at radius 3 is 2.40 bits per heavy atom. The summed E-state index contributed by atoms with van der Waals surface area (Å²) in [5, 5.41) is 14.5. The normalized spacial score (nSPS) is 13.9. The number of carbonyl (C=O) groups excluding carboxylic acids is 1. The molecule has 1 aliphatic rings. The Hall–Kier alpha value is -4.87. The first kappa shape index (κ1) is 28.3. The van der Waals surface area contributed by atoms with Crippen LogP contribution in [0.2, 0.25) is 0 Å². The molecular weight excluding hydrogens is 548 g/mol. The van der Waals surface area contributed by atoms with Crippen molar-refractivity contribution < 1.29 is 9.53 Å². The number of hydrogen-bond acceptors (Lipinski definition) is 8. The number of aromatic amines is 1. The van der Waals surface area contributed by atoms with Gasteiger partial charge in [-0.25, -0.2) is 14.3 Å². The minimum atomic E-state index is -0.656. The summed E-state index contributed by atoms with van der Waals surface area (Å²) in [7, 11) is 1.24. The van der Waals surface area contributed by atoms with Gasteiger partial charge in [-0.05, 0) is 41.2 Å². The number of imidazole rings is 1. The Kier molecular flexibility index (Phi) is 7.99. The summed E-state index contributed by atoms with van der Waals surface area (Å²) >= 11 is 0. The van der Waals surface area contributed by atoms with Gasteiger partial charge in [-0.15, -0.1) is 10.2 Å². The summed E-state index contributed by atoms with van der Waals surface area (Å²) < 4.78 is 9.27. The molecule has 0 unspecified atom stereocenters. The Balaban J connectivity index is 1.47. The van der Waals surface area contributed by atoms with Crippen LogP contribution in [0.3, 0.4) is 0 Å². The van der Waals surface area contributed by atoms with Crippen LogP contribution in [0.4, 0.5) is 0 Å². The number of fused-ring (bicyclic) bond motifs is 1. The van der Waals surface area contributed by atoms with Crippen molar-refractivity contribution in [3.63, 3.8) is 0 Å². The van der Waals surface area contributed by atoms with E-state index in [-0.39, 0.29) is 5.92 Å². The van der Waals surface area contributed by atoms with Gasteiger partial charge >= 0.3 is 11.7 Å². The summed E-state index contributed by atoms with van der Waals surface area (Å²) in [5.41, 5.74) is 3.44. The van der Waals surface area contributed by atoms with Crippen molar-refractivity contribution >= 4 is 17.1 Å². The number of benzene rings is 2. The molecule has 0 saturated heterocycles. The molecule has 6 rings (SSSR count). The van der Waals surface area contributed by atoms with Crippen molar-refractivity contribution in [1.82, 2.24) is 39.3 Å². The van der Waals surface area contributed by atoms with Crippen LogP contribution < -0.4 is 11.2 Å². The molecule has 222 valence electrons. The Morgan fingerprint density at radius 2 is 1.72 bits per heavy atom. The number of tetrazole rings is 1. The van der Waals surface area contributed by atoms with Crippen molar-refractivity contribution in [2.45, 2.75) is 71.0 Å². The SMILES string of the molecule is CCCn1c(=O)n(CC(=O)OC)c(=O)c2c1nc(C1CCCCC1)n2Cc1ccc(-c2ccccc2-c2nn[nH]n2)cc1. The fourth-order valence-electron chi connectivity index (χ4n) is 6.08. The second-order valence-corrected chi connectivity index (χ2v) is 10.9. The van der Waals surface area contributed by atoms with E-state index in [0.717, 1.165) is 58.3 Å². The fraction of sp³-hybridized carbons (Fsp3) is 0.387. The molecule has 0 radical (unpaired) electrons. The first-order valence-corrected chi connectivity index (χ1v) is 14.7. The van der Waals surface area contributed by atoms with Gasteiger partial charge in [0.15, 0.2) is 11.2 Å². The maximum atomic E-state index is 13.9. The van der Waals surface area contributed by atoms with Gasteiger partial charge in [0.05, 0.1) is 7.11 Å². The summed E-state index contributed by atoms with van der Waals surface area (Å²) in [5.74, 6) is 0.860. The monoisotopic (exact) mass is 582 g/mol. The first-order valence-electron chi connectivity index (χ1n) is 14.7. The highest BCUT2D eigenvalue weighted by Gasteiger charge is 2.27. The van der Waals surface area contributed by atoms with Crippen molar-refractivity contribution in [3.8, 4) is 22.5 Å². The lowest BCUT2D eigenvalue weighted by atomic mass is 9.88. The minimum absolute atomic E-state index is 0.181. The van der Waals surface area contributed by atoms with Crippen LogP contribution in [0.15, 0.2) is 58.1 Å². The molecule has 0 bridgehead atoms. The highest BCUT2D eigenvalue weighted by atomic mass is 16.5. The zero-order valence-electron chi connectivity index (χ0n) is 24.3. The van der Waals surface area contributed by atoms with E-state index >= 15 is 0 Å². The maximum absolute atomic E-state index is 13.9. The third-order valence-electron chi connectivity index (χ3n) is 8.20. The topological polar surface area (TPSA) is 143 Å². The number of nitrogens with zero attached hydrogens (tertiary/aromatic N) is 7. The summed E-state index contributed by atoms with van der Waals surface area (Å²) in [6.07, 6.45) is 5.99. The third-order valence-corrected chi connectivity index (χ3v) is 8.20. The minimum Gasteiger partial charge on any atom is -0.468 e. The lowest BCUT2D eigenvalue weighted by molar-refractivity contribution is -0.141. The average molecular weight is 583 g/mol. The molecule has 3 aromatic heterocycles. The van der Waals surface area contributed by atoms with E-state index < -0.39 is 23.8 Å². The molecule has 0 spiro atoms. The van der Waals surface area contributed by atoms with Crippen LogP contribution in [0, 0.1) is 0 Å². The number of rotatable bonds is 9. The van der Waals surface area contributed by atoms with Gasteiger partial charge in [0.25, 0.3) is 5.56 Å². The number of aryl methyl sites for hydroxylation is 1. The Bertz CT molecular complexity index is 1860. The van der Waals surface area contributed by atoms with Crippen LogP contribution in [0.5, 0.6) is 0 Å². The van der Waals surface area contributed by atoms with Crippen molar-refractivity contribution in [2.24, 2.45) is 0 Å². The lowest BCUT2D eigenvalue weighted by Crippen LogP contribution is -2.42. The molecule has 1 aliphatic carbocycles. The van der Waals surface area contributed by atoms with E-state index in [1.165, 1.54) is 18.1 Å². The molecule has 0 aliphatic heterocycles. The predicted molar refractivity (Wildman–Crippen MR) is 161 cm³/mol. The number of ether oxygens (including phenoxy) is 1. The first-order chi connectivity index (χ1) is 21.0. The maximum Gasteiger partial charge on any atom is 0.333 e. The van der Waals surface area contributed by atoms with Crippen molar-refractivity contribution in [1.29, 1.82) is 0 Å². The van der Waals surface area contributed by atoms with Gasteiger partial charge in [-0.1, -0.05) is 74.7 Å². The highest BCUT2D eigenvalue weighted by Crippen LogP contribution is 2.34. The molecule has 12 heteroatoms. The van der Waals surface area contributed by atoms with E-state index in [9.17, 15) is 14.4 Å². The number of aromatic nitrogens is 8. The van der Waals surface area contributed by atoms with E-state index in [2.05, 4.69) is 20.6 Å². The molecule has 2 aromatic carbocycles. The van der Waals surface area contributed by atoms with Crippen LogP contribution in [0.25, 0.3) is 33.7 Å². The number of hydrogen-bond donors (Lipinski definition) is 1. The second-order valence-electron chi connectivity index (χ2n) is 10.9. The fourth-order valence-corrected chi connectivity index (χ4v) is 6.08. The summed E-state index contributed by atoms with van der Waals surface area (Å²) in [6, 6.07) is 16.0. The van der Waals surface area contributed by atoms with Gasteiger partial charge in [-0.2, -0.15) is 5.21 Å². The number of nitrogens with one attached hydrogen (secondary N) is 1. The van der Waals surface area contributed by atoms with Gasteiger partial charge < -0.3 is 9.30 Å². The van der Waals surface area contributed by atoms with E-state index in [4.69, 9.17) is 9.72 Å². The number of esters is 1. The van der Waals surface area contributed by atoms with Crippen LogP contribution in [-0.2, 0) is 29.2 Å². The second kappa shape index (κ2) is 12.2. The van der Waals surface area contributed by atoms with Crippen LogP contribution in [-0.4, -0.2) is 52.4 Å². The van der Waals surface area contributed by atoms with Crippen LogP contribution >= 0.6 is 0 Å². The molecule has 1 N–H and O–H groups in total. The molecule has 43 heavy (non-hydrogen) atoms. The van der Waals surface area contributed by atoms with Gasteiger partial charge in [0, 0.05) is 24.6 Å². The van der Waals surface area contributed by atoms with Crippen molar-refractivity contribution in [2.75, 3.05) is 7.11 Å². The predicted octanol–water partition coefficient (Wildman–Crippen LogP) is 3.89. The average Bonchev–Trinajstić information content (AvgIpc) is 3.71.